The number of amidine groups is 1. The number of aliphatic imine (C=N–C) groups is 1. The molecule has 4 nitrogen and oxygen atoms in total. The van der Waals surface area contributed by atoms with E-state index in [0.29, 0.717) is 0 Å². The Morgan fingerprint density at radius 2 is 2.28 bits per heavy atom. The van der Waals surface area contributed by atoms with E-state index in [1.807, 2.05) is 26.0 Å². The van der Waals surface area contributed by atoms with E-state index in [-0.39, 0.29) is 6.10 Å². The predicted molar refractivity (Wildman–Crippen MR) is 75.7 cm³/mol. The molecule has 0 aromatic heterocycles. The number of nitrogens with one attached hydrogen (secondary N) is 2. The van der Waals surface area contributed by atoms with E-state index in [1.54, 1.807) is 0 Å². The van der Waals surface area contributed by atoms with Gasteiger partial charge in [-0.3, -0.25) is 4.99 Å². The molecule has 1 aliphatic heterocycles. The van der Waals surface area contributed by atoms with Crippen LogP contribution in [0.2, 0.25) is 0 Å². The molecule has 98 valence electrons. The van der Waals surface area contributed by atoms with Gasteiger partial charge in [-0.15, -0.1) is 0 Å². The highest BCUT2D eigenvalue weighted by molar-refractivity contribution is 5.87. The van der Waals surface area contributed by atoms with Crippen LogP contribution in [0, 0.1) is 6.92 Å². The van der Waals surface area contributed by atoms with Gasteiger partial charge in [-0.25, -0.2) is 0 Å². The van der Waals surface area contributed by atoms with E-state index < -0.39 is 0 Å². The Hall–Kier alpha value is -1.71. The van der Waals surface area contributed by atoms with Gasteiger partial charge < -0.3 is 15.4 Å². The smallest absolute Gasteiger partial charge is 0.145 e. The Kier molecular flexibility index (Phi) is 4.07. The van der Waals surface area contributed by atoms with Crippen molar-refractivity contribution in [1.29, 1.82) is 0 Å². The zero-order valence-corrected chi connectivity index (χ0v) is 11.3. The van der Waals surface area contributed by atoms with Crippen LogP contribution in [0.3, 0.4) is 0 Å². The molecular formula is C14H21N3O. The van der Waals surface area contributed by atoms with Crippen LogP contribution in [-0.4, -0.2) is 31.6 Å². The highest BCUT2D eigenvalue weighted by Crippen LogP contribution is 2.29. The van der Waals surface area contributed by atoms with Crippen molar-refractivity contribution < 1.29 is 4.74 Å². The standard InChI is InChI=1S/C14H21N3O/c1-10(2)18-14-11(3)5-4-6-12(14)17-9-13-15-7-8-16-13/h4-6,10,17H,7-9H2,1-3H3,(H,15,16). The van der Waals surface area contributed by atoms with Crippen LogP contribution in [0.25, 0.3) is 0 Å². The average Bonchev–Trinajstić information content (AvgIpc) is 2.82. The van der Waals surface area contributed by atoms with Crippen LogP contribution < -0.4 is 15.4 Å². The highest BCUT2D eigenvalue weighted by atomic mass is 16.5. The third-order valence-electron chi connectivity index (χ3n) is 2.76. The average molecular weight is 247 g/mol. The lowest BCUT2D eigenvalue weighted by molar-refractivity contribution is 0.242. The number of anilines is 1. The van der Waals surface area contributed by atoms with Crippen LogP contribution in [0.4, 0.5) is 5.69 Å². The first-order valence-corrected chi connectivity index (χ1v) is 6.44. The van der Waals surface area contributed by atoms with Crippen LogP contribution in [0.1, 0.15) is 19.4 Å². The molecule has 0 fully saturated rings. The predicted octanol–water partition coefficient (Wildman–Crippen LogP) is 2.20. The summed E-state index contributed by atoms with van der Waals surface area (Å²) in [5, 5.41) is 6.63. The number of hydrogen-bond donors (Lipinski definition) is 2. The second-order valence-corrected chi connectivity index (χ2v) is 4.73. The van der Waals surface area contributed by atoms with E-state index in [4.69, 9.17) is 4.74 Å². The molecule has 18 heavy (non-hydrogen) atoms. The molecule has 0 amide bonds. The van der Waals surface area contributed by atoms with Crippen LogP contribution in [0.15, 0.2) is 23.2 Å². The molecule has 0 saturated carbocycles. The molecule has 0 saturated heterocycles. The molecular weight excluding hydrogens is 226 g/mol. The lowest BCUT2D eigenvalue weighted by atomic mass is 10.2. The molecule has 0 radical (unpaired) electrons. The Bertz CT molecular complexity index is 441. The van der Waals surface area contributed by atoms with Crippen LogP contribution in [-0.2, 0) is 0 Å². The van der Waals surface area contributed by atoms with Crippen molar-refractivity contribution >= 4 is 11.5 Å². The second-order valence-electron chi connectivity index (χ2n) is 4.73. The maximum atomic E-state index is 5.87. The number of benzene rings is 1. The van der Waals surface area contributed by atoms with E-state index in [1.165, 1.54) is 0 Å². The Labute approximate surface area is 108 Å². The maximum absolute atomic E-state index is 5.87. The number of ether oxygens (including phenoxy) is 1. The Morgan fingerprint density at radius 1 is 1.44 bits per heavy atom. The van der Waals surface area contributed by atoms with Gasteiger partial charge in [-0.05, 0) is 32.4 Å². The number of nitrogens with zero attached hydrogens (tertiary/aromatic N) is 1. The topological polar surface area (TPSA) is 45.7 Å². The van der Waals surface area contributed by atoms with Gasteiger partial charge in [0, 0.05) is 6.54 Å². The van der Waals surface area contributed by atoms with Gasteiger partial charge in [0.1, 0.15) is 11.6 Å². The summed E-state index contributed by atoms with van der Waals surface area (Å²) >= 11 is 0. The first kappa shape index (κ1) is 12.7. The number of hydrogen-bond acceptors (Lipinski definition) is 4. The minimum absolute atomic E-state index is 0.175. The third kappa shape index (κ3) is 3.15. The van der Waals surface area contributed by atoms with Crippen molar-refractivity contribution in [2.24, 2.45) is 4.99 Å². The first-order chi connectivity index (χ1) is 8.66. The Morgan fingerprint density at radius 3 is 2.94 bits per heavy atom. The monoisotopic (exact) mass is 247 g/mol. The fourth-order valence-corrected chi connectivity index (χ4v) is 1.93. The molecule has 0 atom stereocenters. The molecule has 1 aromatic carbocycles. The highest BCUT2D eigenvalue weighted by Gasteiger charge is 2.10. The fraction of sp³-hybridized carbons (Fsp3) is 0.500. The minimum Gasteiger partial charge on any atom is -0.489 e. The quantitative estimate of drug-likeness (QED) is 0.838. The fourth-order valence-electron chi connectivity index (χ4n) is 1.93. The molecule has 1 aromatic rings. The summed E-state index contributed by atoms with van der Waals surface area (Å²) in [7, 11) is 0. The van der Waals surface area contributed by atoms with Crippen molar-refractivity contribution in [2.75, 3.05) is 25.0 Å². The molecule has 4 heteroatoms. The maximum Gasteiger partial charge on any atom is 0.145 e. The van der Waals surface area contributed by atoms with Crippen LogP contribution >= 0.6 is 0 Å². The molecule has 0 unspecified atom stereocenters. The van der Waals surface area contributed by atoms with Crippen molar-refractivity contribution in [3.63, 3.8) is 0 Å². The summed E-state index contributed by atoms with van der Waals surface area (Å²) < 4.78 is 5.87. The molecule has 1 heterocycles. The first-order valence-electron chi connectivity index (χ1n) is 6.44. The van der Waals surface area contributed by atoms with Crippen molar-refractivity contribution in [3.05, 3.63) is 23.8 Å². The van der Waals surface area contributed by atoms with Crippen LogP contribution in [0.5, 0.6) is 5.75 Å². The van der Waals surface area contributed by atoms with Gasteiger partial charge in [-0.2, -0.15) is 0 Å². The summed E-state index contributed by atoms with van der Waals surface area (Å²) in [5.41, 5.74) is 2.18. The molecule has 0 spiro atoms. The molecule has 0 aliphatic carbocycles. The summed E-state index contributed by atoms with van der Waals surface area (Å²) in [6.07, 6.45) is 0.175. The molecule has 2 N–H and O–H groups in total. The summed E-state index contributed by atoms with van der Waals surface area (Å²) in [5.74, 6) is 1.96. The molecule has 2 rings (SSSR count). The van der Waals surface area contributed by atoms with Crippen molar-refractivity contribution in [3.8, 4) is 5.75 Å². The van der Waals surface area contributed by atoms with Gasteiger partial charge in [0.2, 0.25) is 0 Å². The van der Waals surface area contributed by atoms with Gasteiger partial charge >= 0.3 is 0 Å². The minimum atomic E-state index is 0.175. The van der Waals surface area contributed by atoms with Gasteiger partial charge in [-0.1, -0.05) is 12.1 Å². The summed E-state index contributed by atoms with van der Waals surface area (Å²) in [6, 6.07) is 6.14. The Balaban J connectivity index is 2.08. The van der Waals surface area contributed by atoms with Gasteiger partial charge in [0.25, 0.3) is 0 Å². The normalized spacial score (nSPS) is 14.3. The SMILES string of the molecule is Cc1cccc(NCC2=NCCN2)c1OC(C)C. The van der Waals surface area contributed by atoms with E-state index in [9.17, 15) is 0 Å². The largest absolute Gasteiger partial charge is 0.489 e. The lowest BCUT2D eigenvalue weighted by Crippen LogP contribution is -2.26. The number of rotatable bonds is 5. The van der Waals surface area contributed by atoms with Crippen molar-refractivity contribution in [1.82, 2.24) is 5.32 Å². The summed E-state index contributed by atoms with van der Waals surface area (Å²) in [6.45, 7) is 8.68. The molecule has 0 bridgehead atoms. The van der Waals surface area contributed by atoms with Crippen molar-refractivity contribution in [2.45, 2.75) is 26.9 Å². The zero-order valence-electron chi connectivity index (χ0n) is 11.3. The van der Waals surface area contributed by atoms with E-state index >= 15 is 0 Å². The van der Waals surface area contributed by atoms with E-state index in [0.717, 1.165) is 42.5 Å². The second kappa shape index (κ2) is 5.76. The molecule has 1 aliphatic rings. The van der Waals surface area contributed by atoms with Gasteiger partial charge in [0.15, 0.2) is 0 Å². The van der Waals surface area contributed by atoms with E-state index in [2.05, 4.69) is 28.6 Å². The lowest BCUT2D eigenvalue weighted by Gasteiger charge is -2.17. The number of para-hydroxylation sites is 1. The number of aryl methyl sites for hydroxylation is 1. The third-order valence-corrected chi connectivity index (χ3v) is 2.76. The zero-order chi connectivity index (χ0) is 13.0. The van der Waals surface area contributed by atoms with Gasteiger partial charge in [0.05, 0.1) is 24.9 Å². The summed E-state index contributed by atoms with van der Waals surface area (Å²) in [4.78, 5) is 4.37.